The molecule has 3 rings (SSSR count). The van der Waals surface area contributed by atoms with E-state index in [4.69, 9.17) is 0 Å². The van der Waals surface area contributed by atoms with Gasteiger partial charge in [0.05, 0.1) is 11.3 Å². The van der Waals surface area contributed by atoms with Crippen molar-refractivity contribution in [2.75, 3.05) is 0 Å². The zero-order valence-electron chi connectivity index (χ0n) is 13.3. The zero-order valence-corrected chi connectivity index (χ0v) is 13.3. The summed E-state index contributed by atoms with van der Waals surface area (Å²) in [5.74, 6) is -0.459. The normalized spacial score (nSPS) is 10.4. The van der Waals surface area contributed by atoms with Crippen molar-refractivity contribution in [3.63, 3.8) is 0 Å². The average molecular weight is 320 g/mol. The molecule has 0 unspecified atom stereocenters. The molecule has 0 atom stereocenters. The number of carbonyl (C=O) groups excluding carboxylic acids is 1. The van der Waals surface area contributed by atoms with Gasteiger partial charge in [-0.3, -0.25) is 9.78 Å². The van der Waals surface area contributed by atoms with Crippen LogP contribution in [0.3, 0.4) is 0 Å². The lowest BCUT2D eigenvalue weighted by molar-refractivity contribution is 0.0950. The molecule has 2 aromatic carbocycles. The van der Waals surface area contributed by atoms with Crippen LogP contribution >= 0.6 is 0 Å². The maximum absolute atomic E-state index is 12.9. The van der Waals surface area contributed by atoms with Crippen molar-refractivity contribution in [1.29, 1.82) is 0 Å². The number of aromatic nitrogens is 1. The highest BCUT2D eigenvalue weighted by molar-refractivity contribution is 5.94. The van der Waals surface area contributed by atoms with Crippen molar-refractivity contribution in [3.8, 4) is 11.3 Å². The lowest BCUT2D eigenvalue weighted by Gasteiger charge is -2.07. The van der Waals surface area contributed by atoms with Gasteiger partial charge in [-0.15, -0.1) is 0 Å². The van der Waals surface area contributed by atoms with E-state index in [1.54, 1.807) is 24.3 Å². The lowest BCUT2D eigenvalue weighted by atomic mass is 10.1. The Morgan fingerprint density at radius 2 is 1.71 bits per heavy atom. The molecule has 0 fully saturated rings. The summed E-state index contributed by atoms with van der Waals surface area (Å²) in [6, 6.07) is 17.6. The first-order valence-electron chi connectivity index (χ1n) is 7.67. The predicted octanol–water partition coefficient (Wildman–Crippen LogP) is 4.13. The van der Waals surface area contributed by atoms with E-state index < -0.39 is 0 Å². The topological polar surface area (TPSA) is 42.0 Å². The minimum absolute atomic E-state index is 0.172. The van der Waals surface area contributed by atoms with Crippen molar-refractivity contribution < 1.29 is 9.18 Å². The van der Waals surface area contributed by atoms with Crippen LogP contribution in [0.15, 0.2) is 66.9 Å². The smallest absolute Gasteiger partial charge is 0.253 e. The highest BCUT2D eigenvalue weighted by Crippen LogP contribution is 2.17. The summed E-state index contributed by atoms with van der Waals surface area (Å²) in [7, 11) is 0. The van der Waals surface area contributed by atoms with E-state index >= 15 is 0 Å². The second-order valence-electron chi connectivity index (χ2n) is 5.61. The highest BCUT2D eigenvalue weighted by atomic mass is 19.1. The third-order valence-electron chi connectivity index (χ3n) is 3.74. The Labute approximate surface area is 140 Å². The second-order valence-corrected chi connectivity index (χ2v) is 5.61. The quantitative estimate of drug-likeness (QED) is 0.785. The number of hydrogen-bond acceptors (Lipinski definition) is 2. The molecule has 0 aliphatic carbocycles. The minimum atomic E-state index is -0.286. The molecule has 24 heavy (non-hydrogen) atoms. The molecule has 0 spiro atoms. The number of carbonyl (C=O) groups is 1. The number of pyridine rings is 1. The van der Waals surface area contributed by atoms with Gasteiger partial charge in [0.15, 0.2) is 0 Å². The summed E-state index contributed by atoms with van der Waals surface area (Å²) in [4.78, 5) is 16.5. The molecule has 1 aromatic heterocycles. The zero-order chi connectivity index (χ0) is 16.9. The number of nitrogens with zero attached hydrogens (tertiary/aromatic N) is 1. The molecule has 1 N–H and O–H groups in total. The van der Waals surface area contributed by atoms with Crippen LogP contribution in [-0.2, 0) is 6.54 Å². The fraction of sp³-hybridized carbons (Fsp3) is 0.100. The van der Waals surface area contributed by atoms with Crippen molar-refractivity contribution in [1.82, 2.24) is 10.3 Å². The summed E-state index contributed by atoms with van der Waals surface area (Å²) in [5, 5.41) is 2.87. The van der Waals surface area contributed by atoms with Crippen LogP contribution in [0.5, 0.6) is 0 Å². The molecule has 0 saturated heterocycles. The van der Waals surface area contributed by atoms with Gasteiger partial charge in [-0.2, -0.15) is 0 Å². The van der Waals surface area contributed by atoms with E-state index in [0.29, 0.717) is 17.8 Å². The van der Waals surface area contributed by atoms with Gasteiger partial charge in [0.2, 0.25) is 0 Å². The largest absolute Gasteiger partial charge is 0.348 e. The molecule has 120 valence electrons. The maximum Gasteiger partial charge on any atom is 0.253 e. The third kappa shape index (κ3) is 3.84. The number of benzene rings is 2. The summed E-state index contributed by atoms with van der Waals surface area (Å²) in [6.45, 7) is 2.50. The number of halogens is 1. The molecule has 0 bridgehead atoms. The molecule has 4 heteroatoms. The SMILES string of the molecule is Cc1ccc(CNC(=O)c2ccc(-c3ccc(F)cc3)nc2)cc1. The Kier molecular flexibility index (Phi) is 4.66. The van der Waals surface area contributed by atoms with Crippen LogP contribution in [0.1, 0.15) is 21.5 Å². The highest BCUT2D eigenvalue weighted by Gasteiger charge is 2.07. The summed E-state index contributed by atoms with van der Waals surface area (Å²) in [6.07, 6.45) is 1.53. The molecule has 0 aliphatic rings. The first-order valence-corrected chi connectivity index (χ1v) is 7.67. The van der Waals surface area contributed by atoms with E-state index in [0.717, 1.165) is 11.1 Å². The van der Waals surface area contributed by atoms with E-state index in [-0.39, 0.29) is 11.7 Å². The van der Waals surface area contributed by atoms with Gasteiger partial charge in [0.1, 0.15) is 5.82 Å². The first kappa shape index (κ1) is 15.9. The Hall–Kier alpha value is -3.01. The van der Waals surface area contributed by atoms with E-state index in [9.17, 15) is 9.18 Å². The van der Waals surface area contributed by atoms with Crippen molar-refractivity contribution in [2.45, 2.75) is 13.5 Å². The van der Waals surface area contributed by atoms with Crippen LogP contribution in [0.25, 0.3) is 11.3 Å². The van der Waals surface area contributed by atoms with Gasteiger partial charge in [0, 0.05) is 18.3 Å². The predicted molar refractivity (Wildman–Crippen MR) is 92.0 cm³/mol. The molecule has 3 nitrogen and oxygen atoms in total. The molecule has 0 radical (unpaired) electrons. The first-order chi connectivity index (χ1) is 11.6. The maximum atomic E-state index is 12.9. The third-order valence-corrected chi connectivity index (χ3v) is 3.74. The standard InChI is InChI=1S/C20H17FN2O/c1-14-2-4-15(5-3-14)12-23-20(24)17-8-11-19(22-13-17)16-6-9-18(21)10-7-16/h2-11,13H,12H2,1H3,(H,23,24). The molecular formula is C20H17FN2O. The van der Waals surface area contributed by atoms with Gasteiger partial charge in [-0.05, 0) is 48.9 Å². The van der Waals surface area contributed by atoms with Crippen molar-refractivity contribution in [2.24, 2.45) is 0 Å². The van der Waals surface area contributed by atoms with Crippen molar-refractivity contribution in [3.05, 3.63) is 89.4 Å². The number of rotatable bonds is 4. The molecular weight excluding hydrogens is 303 g/mol. The number of aryl methyl sites for hydroxylation is 1. The molecule has 1 amide bonds. The Morgan fingerprint density at radius 3 is 2.33 bits per heavy atom. The summed E-state index contributed by atoms with van der Waals surface area (Å²) in [5.41, 5.74) is 4.23. The van der Waals surface area contributed by atoms with Gasteiger partial charge in [0.25, 0.3) is 5.91 Å². The minimum Gasteiger partial charge on any atom is -0.348 e. The number of nitrogens with one attached hydrogen (secondary N) is 1. The van der Waals surface area contributed by atoms with Gasteiger partial charge < -0.3 is 5.32 Å². The fourth-order valence-electron chi connectivity index (χ4n) is 2.31. The van der Waals surface area contributed by atoms with Gasteiger partial charge in [-0.1, -0.05) is 29.8 Å². The Bertz CT molecular complexity index is 825. The number of hydrogen-bond donors (Lipinski definition) is 1. The molecule has 0 saturated carbocycles. The Balaban J connectivity index is 1.65. The summed E-state index contributed by atoms with van der Waals surface area (Å²) >= 11 is 0. The Morgan fingerprint density at radius 1 is 1.00 bits per heavy atom. The average Bonchev–Trinajstić information content (AvgIpc) is 2.62. The van der Waals surface area contributed by atoms with Crippen LogP contribution in [0.2, 0.25) is 0 Å². The van der Waals surface area contributed by atoms with Crippen LogP contribution < -0.4 is 5.32 Å². The summed E-state index contributed by atoms with van der Waals surface area (Å²) < 4.78 is 12.9. The fourth-order valence-corrected chi connectivity index (χ4v) is 2.31. The van der Waals surface area contributed by atoms with Crippen LogP contribution in [-0.4, -0.2) is 10.9 Å². The molecule has 3 aromatic rings. The number of amides is 1. The van der Waals surface area contributed by atoms with E-state index in [1.807, 2.05) is 31.2 Å². The van der Waals surface area contributed by atoms with Crippen molar-refractivity contribution >= 4 is 5.91 Å². The van der Waals surface area contributed by atoms with E-state index in [1.165, 1.54) is 23.9 Å². The second kappa shape index (κ2) is 7.04. The van der Waals surface area contributed by atoms with Crippen LogP contribution in [0.4, 0.5) is 4.39 Å². The molecule has 0 aliphatic heterocycles. The van der Waals surface area contributed by atoms with Gasteiger partial charge in [-0.25, -0.2) is 4.39 Å². The monoisotopic (exact) mass is 320 g/mol. The van der Waals surface area contributed by atoms with Crippen LogP contribution in [0, 0.1) is 12.7 Å². The molecule has 1 heterocycles. The van der Waals surface area contributed by atoms with Gasteiger partial charge >= 0.3 is 0 Å². The lowest BCUT2D eigenvalue weighted by Crippen LogP contribution is -2.22. The van der Waals surface area contributed by atoms with E-state index in [2.05, 4.69) is 10.3 Å².